The van der Waals surface area contributed by atoms with Crippen LogP contribution in [0.4, 0.5) is 5.69 Å². The van der Waals surface area contributed by atoms with Crippen molar-refractivity contribution in [2.24, 2.45) is 0 Å². The second kappa shape index (κ2) is 13.5. The number of halogens is 3. The molecule has 3 aromatic carbocycles. The molecule has 2 amide bonds. The maximum atomic E-state index is 13.9. The third-order valence-corrected chi connectivity index (χ3v) is 8.48. The highest BCUT2D eigenvalue weighted by atomic mass is 35.5. The zero-order chi connectivity index (χ0) is 28.7. The van der Waals surface area contributed by atoms with Gasteiger partial charge in [0, 0.05) is 28.2 Å². The van der Waals surface area contributed by atoms with Crippen LogP contribution >= 0.6 is 34.8 Å². The molecule has 0 aliphatic rings. The summed E-state index contributed by atoms with van der Waals surface area (Å²) < 4.78 is 28.6. The molecule has 0 aromatic heterocycles. The highest BCUT2D eigenvalue weighted by Crippen LogP contribution is 2.30. The maximum absolute atomic E-state index is 13.9. The molecule has 0 saturated carbocycles. The lowest BCUT2D eigenvalue weighted by Gasteiger charge is -2.32. The zero-order valence-corrected chi connectivity index (χ0v) is 24.9. The number of sulfonamides is 1. The van der Waals surface area contributed by atoms with E-state index < -0.39 is 28.5 Å². The van der Waals surface area contributed by atoms with Gasteiger partial charge in [0.05, 0.1) is 10.6 Å². The SMILES string of the molecule is CCCNC(=O)[C@@H](C)N(Cc1ccc(Cl)cc1)C(=O)CN(c1cc(Cl)cc(Cl)c1)S(=O)(=O)c1ccc(C)cc1. The molecule has 0 bridgehead atoms. The van der Waals surface area contributed by atoms with E-state index in [1.54, 1.807) is 43.3 Å². The highest BCUT2D eigenvalue weighted by molar-refractivity contribution is 7.92. The van der Waals surface area contributed by atoms with Crippen molar-refractivity contribution in [2.75, 3.05) is 17.4 Å². The van der Waals surface area contributed by atoms with E-state index in [2.05, 4.69) is 5.32 Å². The predicted octanol–water partition coefficient (Wildman–Crippen LogP) is 6.09. The number of carbonyl (C=O) groups excluding carboxylic acids is 2. The molecule has 0 aliphatic heterocycles. The smallest absolute Gasteiger partial charge is 0.264 e. The van der Waals surface area contributed by atoms with Crippen molar-refractivity contribution in [3.8, 4) is 0 Å². The number of nitrogens with zero attached hydrogens (tertiary/aromatic N) is 2. The first-order chi connectivity index (χ1) is 18.4. The van der Waals surface area contributed by atoms with Gasteiger partial charge in [0.2, 0.25) is 11.8 Å². The summed E-state index contributed by atoms with van der Waals surface area (Å²) in [5.41, 5.74) is 1.72. The van der Waals surface area contributed by atoms with Gasteiger partial charge in [0.25, 0.3) is 10.0 Å². The van der Waals surface area contributed by atoms with E-state index in [1.807, 2.05) is 13.8 Å². The van der Waals surface area contributed by atoms with E-state index in [0.717, 1.165) is 21.9 Å². The standard InChI is InChI=1S/C28H30Cl3N3O4S/c1-4-13-32-28(36)20(3)33(17-21-7-9-22(29)10-8-21)27(35)18-34(25-15-23(30)14-24(31)16-25)39(37,38)26-11-5-19(2)6-12-26/h5-12,14-16,20H,4,13,17-18H2,1-3H3,(H,32,36)/t20-/m1/s1. The average molecular weight is 611 g/mol. The summed E-state index contributed by atoms with van der Waals surface area (Å²) in [5.74, 6) is -0.936. The van der Waals surface area contributed by atoms with Crippen LogP contribution in [-0.2, 0) is 26.2 Å². The van der Waals surface area contributed by atoms with Crippen molar-refractivity contribution in [1.82, 2.24) is 10.2 Å². The minimum atomic E-state index is -4.22. The summed E-state index contributed by atoms with van der Waals surface area (Å²) in [6.45, 7) is 5.28. The lowest BCUT2D eigenvalue weighted by atomic mass is 10.1. The van der Waals surface area contributed by atoms with Gasteiger partial charge >= 0.3 is 0 Å². The Balaban J connectivity index is 2.04. The molecule has 1 atom stereocenters. The normalized spacial score (nSPS) is 12.1. The van der Waals surface area contributed by atoms with Crippen LogP contribution in [0.3, 0.4) is 0 Å². The number of aryl methyl sites for hydroxylation is 1. The van der Waals surface area contributed by atoms with E-state index in [4.69, 9.17) is 34.8 Å². The van der Waals surface area contributed by atoms with Gasteiger partial charge in [-0.1, -0.05) is 71.6 Å². The largest absolute Gasteiger partial charge is 0.354 e. The van der Waals surface area contributed by atoms with Gasteiger partial charge in [-0.2, -0.15) is 0 Å². The summed E-state index contributed by atoms with van der Waals surface area (Å²) in [4.78, 5) is 28.1. The van der Waals surface area contributed by atoms with E-state index in [0.29, 0.717) is 11.6 Å². The quantitative estimate of drug-likeness (QED) is 0.285. The molecule has 11 heteroatoms. The minimum absolute atomic E-state index is 0.00464. The van der Waals surface area contributed by atoms with Crippen molar-refractivity contribution in [2.45, 2.75) is 44.7 Å². The Kier molecular flexibility index (Phi) is 10.7. The number of benzene rings is 3. The van der Waals surface area contributed by atoms with Crippen LogP contribution in [0.1, 0.15) is 31.4 Å². The number of hydrogen-bond donors (Lipinski definition) is 1. The van der Waals surface area contributed by atoms with Gasteiger partial charge in [-0.15, -0.1) is 0 Å². The van der Waals surface area contributed by atoms with E-state index in [1.165, 1.54) is 35.2 Å². The molecule has 0 aliphatic carbocycles. The van der Waals surface area contributed by atoms with E-state index in [-0.39, 0.29) is 33.1 Å². The molecule has 0 spiro atoms. The van der Waals surface area contributed by atoms with Crippen LogP contribution in [0.2, 0.25) is 15.1 Å². The summed E-state index contributed by atoms with van der Waals surface area (Å²) >= 11 is 18.4. The summed E-state index contributed by atoms with van der Waals surface area (Å²) in [5, 5.41) is 3.74. The van der Waals surface area contributed by atoms with Crippen molar-refractivity contribution in [3.05, 3.63) is 92.9 Å². The lowest BCUT2D eigenvalue weighted by molar-refractivity contribution is -0.139. The second-order valence-electron chi connectivity index (χ2n) is 9.07. The van der Waals surface area contributed by atoms with Gasteiger partial charge < -0.3 is 10.2 Å². The Labute approximate surface area is 244 Å². The first-order valence-electron chi connectivity index (χ1n) is 12.3. The van der Waals surface area contributed by atoms with E-state index >= 15 is 0 Å². The summed E-state index contributed by atoms with van der Waals surface area (Å²) in [6.07, 6.45) is 0.724. The Bertz CT molecular complexity index is 1390. The predicted molar refractivity (Wildman–Crippen MR) is 157 cm³/mol. The molecule has 39 heavy (non-hydrogen) atoms. The third kappa shape index (κ3) is 8.11. The monoisotopic (exact) mass is 609 g/mol. The molecule has 7 nitrogen and oxygen atoms in total. The highest BCUT2D eigenvalue weighted by Gasteiger charge is 2.32. The van der Waals surface area contributed by atoms with Crippen molar-refractivity contribution >= 4 is 62.3 Å². The zero-order valence-electron chi connectivity index (χ0n) is 21.8. The van der Waals surface area contributed by atoms with Crippen LogP contribution in [0.25, 0.3) is 0 Å². The van der Waals surface area contributed by atoms with Gasteiger partial charge in [-0.3, -0.25) is 13.9 Å². The fraction of sp³-hybridized carbons (Fsp3) is 0.286. The number of nitrogens with one attached hydrogen (secondary N) is 1. The molecule has 1 N–H and O–H groups in total. The average Bonchev–Trinajstić information content (AvgIpc) is 2.89. The molecule has 0 fully saturated rings. The Morgan fingerprint density at radius 1 is 0.897 bits per heavy atom. The fourth-order valence-electron chi connectivity index (χ4n) is 3.81. The molecule has 3 rings (SSSR count). The van der Waals surface area contributed by atoms with Crippen molar-refractivity contribution < 1.29 is 18.0 Å². The minimum Gasteiger partial charge on any atom is -0.354 e. The van der Waals surface area contributed by atoms with Gasteiger partial charge in [-0.25, -0.2) is 8.42 Å². The number of anilines is 1. The number of rotatable bonds is 11. The van der Waals surface area contributed by atoms with Crippen LogP contribution < -0.4 is 9.62 Å². The molecule has 0 unspecified atom stereocenters. The Morgan fingerprint density at radius 3 is 2.05 bits per heavy atom. The topological polar surface area (TPSA) is 86.8 Å². The number of carbonyl (C=O) groups is 2. The Hall–Kier alpha value is -2.78. The first-order valence-corrected chi connectivity index (χ1v) is 14.9. The number of hydrogen-bond acceptors (Lipinski definition) is 4. The number of amides is 2. The molecule has 208 valence electrons. The van der Waals surface area contributed by atoms with Crippen LogP contribution in [0.15, 0.2) is 71.6 Å². The molecule has 3 aromatic rings. The molecular formula is C28H30Cl3N3O4S. The molecule has 0 heterocycles. The van der Waals surface area contributed by atoms with Gasteiger partial charge in [-0.05, 0) is 68.3 Å². The van der Waals surface area contributed by atoms with Crippen molar-refractivity contribution in [3.63, 3.8) is 0 Å². The van der Waals surface area contributed by atoms with Gasteiger partial charge in [0.1, 0.15) is 12.6 Å². The van der Waals surface area contributed by atoms with Gasteiger partial charge in [0.15, 0.2) is 0 Å². The fourth-order valence-corrected chi connectivity index (χ4v) is 5.85. The summed E-state index contributed by atoms with van der Waals surface area (Å²) in [6, 6.07) is 16.6. The lowest BCUT2D eigenvalue weighted by Crippen LogP contribution is -2.51. The van der Waals surface area contributed by atoms with Crippen LogP contribution in [0, 0.1) is 6.92 Å². The summed E-state index contributed by atoms with van der Waals surface area (Å²) in [7, 11) is -4.22. The molecule has 0 saturated heterocycles. The molecule has 0 radical (unpaired) electrons. The van der Waals surface area contributed by atoms with Crippen LogP contribution in [0.5, 0.6) is 0 Å². The molecular weight excluding hydrogens is 581 g/mol. The Morgan fingerprint density at radius 2 is 1.49 bits per heavy atom. The second-order valence-corrected chi connectivity index (χ2v) is 12.2. The van der Waals surface area contributed by atoms with Crippen molar-refractivity contribution in [1.29, 1.82) is 0 Å². The van der Waals surface area contributed by atoms with Crippen LogP contribution in [-0.4, -0.2) is 44.3 Å². The first kappa shape index (κ1) is 30.8. The van der Waals surface area contributed by atoms with E-state index in [9.17, 15) is 18.0 Å². The maximum Gasteiger partial charge on any atom is 0.264 e. The third-order valence-electron chi connectivity index (χ3n) is 6.01.